The lowest BCUT2D eigenvalue weighted by atomic mass is 9.96. The Morgan fingerprint density at radius 2 is 1.90 bits per heavy atom. The first-order valence-electron chi connectivity index (χ1n) is 10.7. The van der Waals surface area contributed by atoms with Gasteiger partial charge in [-0.05, 0) is 68.7 Å². The molecule has 1 amide bonds. The summed E-state index contributed by atoms with van der Waals surface area (Å²) in [5.74, 6) is 0.746. The van der Waals surface area contributed by atoms with Gasteiger partial charge in [0.2, 0.25) is 0 Å². The Bertz CT molecular complexity index is 1210. The van der Waals surface area contributed by atoms with Crippen LogP contribution in [0.15, 0.2) is 30.3 Å². The van der Waals surface area contributed by atoms with Gasteiger partial charge in [-0.2, -0.15) is 0 Å². The van der Waals surface area contributed by atoms with Crippen molar-refractivity contribution >= 4 is 28.6 Å². The fourth-order valence-corrected chi connectivity index (χ4v) is 5.11. The number of aromatic nitrogens is 1. The lowest BCUT2D eigenvalue weighted by molar-refractivity contribution is 0.0223. The van der Waals surface area contributed by atoms with Gasteiger partial charge in [0.1, 0.15) is 11.4 Å². The van der Waals surface area contributed by atoms with Gasteiger partial charge in [0.25, 0.3) is 0 Å². The molecule has 0 saturated heterocycles. The van der Waals surface area contributed by atoms with Crippen LogP contribution in [0.5, 0.6) is 5.75 Å². The molecule has 0 radical (unpaired) electrons. The number of methoxy groups -OCH3 is 1. The summed E-state index contributed by atoms with van der Waals surface area (Å²) in [6.07, 6.45) is 1.63. The minimum Gasteiger partial charge on any atom is -0.497 e. The molecule has 0 spiro atoms. The Hall–Kier alpha value is -2.66. The molecule has 162 valence electrons. The van der Waals surface area contributed by atoms with Gasteiger partial charge in [0.15, 0.2) is 0 Å². The molecule has 0 saturated carbocycles. The van der Waals surface area contributed by atoms with Crippen molar-refractivity contribution in [2.45, 2.75) is 52.3 Å². The maximum Gasteiger partial charge on any atom is 0.410 e. The smallest absolute Gasteiger partial charge is 0.410 e. The molecule has 0 fully saturated rings. The van der Waals surface area contributed by atoms with Gasteiger partial charge < -0.3 is 18.9 Å². The van der Waals surface area contributed by atoms with Gasteiger partial charge >= 0.3 is 6.09 Å². The van der Waals surface area contributed by atoms with Crippen molar-refractivity contribution in [3.63, 3.8) is 0 Å². The van der Waals surface area contributed by atoms with Crippen LogP contribution in [0.4, 0.5) is 4.79 Å². The van der Waals surface area contributed by atoms with E-state index in [0.29, 0.717) is 18.1 Å². The van der Waals surface area contributed by atoms with Crippen molar-refractivity contribution in [3.05, 3.63) is 52.2 Å². The third kappa shape index (κ3) is 3.45. The second-order valence-electron chi connectivity index (χ2n) is 9.36. The molecular weight excluding hydrogens is 412 g/mol. The maximum absolute atomic E-state index is 12.7. The standard InChI is InChI=1S/C25H27ClN2O3/c1-25(2,3)31-24(29)27-9-8-22-20(14-27)19-12-16(11-15-7-10-28(22)23(15)19)18-6-5-17(30-4)13-21(18)26/h5-6,11-13H,7-10,14H2,1-4H3. The number of nitrogens with zero attached hydrogens (tertiary/aromatic N) is 2. The summed E-state index contributed by atoms with van der Waals surface area (Å²) in [6.45, 7) is 7.97. The summed E-state index contributed by atoms with van der Waals surface area (Å²) < 4.78 is 13.4. The number of benzene rings is 2. The number of amides is 1. The second kappa shape index (κ2) is 7.20. The molecule has 5 rings (SSSR count). The number of carbonyl (C=O) groups is 1. The Morgan fingerprint density at radius 1 is 1.10 bits per heavy atom. The first-order chi connectivity index (χ1) is 14.7. The van der Waals surface area contributed by atoms with Crippen LogP contribution in [0.1, 0.15) is 37.6 Å². The Kier molecular flexibility index (Phi) is 4.70. The quantitative estimate of drug-likeness (QED) is 0.506. The van der Waals surface area contributed by atoms with Crippen LogP contribution in [0.2, 0.25) is 5.02 Å². The molecule has 31 heavy (non-hydrogen) atoms. The van der Waals surface area contributed by atoms with Crippen LogP contribution in [0.3, 0.4) is 0 Å². The van der Waals surface area contributed by atoms with E-state index in [1.807, 2.05) is 43.9 Å². The van der Waals surface area contributed by atoms with Gasteiger partial charge in [-0.3, -0.25) is 0 Å². The number of halogens is 1. The van der Waals surface area contributed by atoms with Crippen LogP contribution in [-0.2, 0) is 30.7 Å². The van der Waals surface area contributed by atoms with Crippen LogP contribution < -0.4 is 4.74 Å². The molecule has 3 heterocycles. The van der Waals surface area contributed by atoms with E-state index in [1.165, 1.54) is 27.7 Å². The molecule has 2 aromatic carbocycles. The van der Waals surface area contributed by atoms with E-state index in [4.69, 9.17) is 21.1 Å². The summed E-state index contributed by atoms with van der Waals surface area (Å²) in [7, 11) is 1.64. The van der Waals surface area contributed by atoms with Gasteiger partial charge in [-0.25, -0.2) is 4.79 Å². The fraction of sp³-hybridized carbons (Fsp3) is 0.400. The molecule has 5 nitrogen and oxygen atoms in total. The van der Waals surface area contributed by atoms with Crippen molar-refractivity contribution in [2.24, 2.45) is 0 Å². The van der Waals surface area contributed by atoms with Crippen molar-refractivity contribution in [3.8, 4) is 16.9 Å². The third-order valence-corrected chi connectivity index (χ3v) is 6.48. The van der Waals surface area contributed by atoms with Crippen LogP contribution >= 0.6 is 11.6 Å². The van der Waals surface area contributed by atoms with E-state index in [-0.39, 0.29) is 6.09 Å². The Morgan fingerprint density at radius 3 is 2.61 bits per heavy atom. The zero-order valence-electron chi connectivity index (χ0n) is 18.4. The minimum atomic E-state index is -0.498. The zero-order valence-corrected chi connectivity index (χ0v) is 19.2. The van der Waals surface area contributed by atoms with E-state index < -0.39 is 5.60 Å². The Balaban J connectivity index is 1.58. The number of rotatable bonds is 2. The molecule has 0 atom stereocenters. The molecule has 0 N–H and O–H groups in total. The summed E-state index contributed by atoms with van der Waals surface area (Å²) in [5, 5.41) is 1.90. The molecule has 2 aliphatic rings. The number of carbonyl (C=O) groups excluding carboxylic acids is 1. The van der Waals surface area contributed by atoms with Crippen molar-refractivity contribution < 1.29 is 14.3 Å². The number of ether oxygens (including phenoxy) is 2. The molecule has 0 unspecified atom stereocenters. The predicted molar refractivity (Wildman–Crippen MR) is 123 cm³/mol. The van der Waals surface area contributed by atoms with Gasteiger partial charge in [0.05, 0.1) is 24.2 Å². The average molecular weight is 439 g/mol. The van der Waals surface area contributed by atoms with E-state index >= 15 is 0 Å². The zero-order chi connectivity index (χ0) is 21.9. The molecule has 6 heteroatoms. The highest BCUT2D eigenvalue weighted by atomic mass is 35.5. The first-order valence-corrected chi connectivity index (χ1v) is 11.1. The number of fused-ring (bicyclic) bond motifs is 3. The molecule has 0 aliphatic carbocycles. The van der Waals surface area contributed by atoms with E-state index in [9.17, 15) is 4.79 Å². The van der Waals surface area contributed by atoms with Crippen LogP contribution in [0, 0.1) is 0 Å². The van der Waals surface area contributed by atoms with E-state index in [0.717, 1.165) is 36.3 Å². The van der Waals surface area contributed by atoms with Gasteiger partial charge in [0, 0.05) is 41.7 Å². The van der Waals surface area contributed by atoms with Crippen molar-refractivity contribution in [1.29, 1.82) is 0 Å². The van der Waals surface area contributed by atoms with Gasteiger partial charge in [-0.1, -0.05) is 11.6 Å². The first kappa shape index (κ1) is 20.3. The monoisotopic (exact) mass is 438 g/mol. The molecular formula is C25H27ClN2O3. The predicted octanol–water partition coefficient (Wildman–Crippen LogP) is 5.82. The topological polar surface area (TPSA) is 43.7 Å². The average Bonchev–Trinajstić information content (AvgIpc) is 3.28. The number of aryl methyl sites for hydroxylation is 2. The minimum absolute atomic E-state index is 0.245. The highest BCUT2D eigenvalue weighted by Crippen LogP contribution is 2.41. The SMILES string of the molecule is COc1ccc(-c2cc3c4c(c2)c2c(n4CC3)CCN(C(=O)OC(C)(C)C)C2)c(Cl)c1. The number of hydrogen-bond acceptors (Lipinski definition) is 3. The summed E-state index contributed by atoms with van der Waals surface area (Å²) in [5.41, 5.74) is 6.84. The van der Waals surface area contributed by atoms with Gasteiger partial charge in [-0.15, -0.1) is 0 Å². The maximum atomic E-state index is 12.7. The van der Waals surface area contributed by atoms with Crippen LogP contribution in [0.25, 0.3) is 22.0 Å². The van der Waals surface area contributed by atoms with E-state index in [2.05, 4.69) is 16.7 Å². The fourth-order valence-electron chi connectivity index (χ4n) is 4.83. The Labute approximate surface area is 187 Å². The van der Waals surface area contributed by atoms with Crippen LogP contribution in [-0.4, -0.2) is 34.8 Å². The van der Waals surface area contributed by atoms with E-state index in [1.54, 1.807) is 7.11 Å². The lowest BCUT2D eigenvalue weighted by Crippen LogP contribution is -2.40. The highest BCUT2D eigenvalue weighted by molar-refractivity contribution is 6.33. The molecule has 1 aromatic heterocycles. The van der Waals surface area contributed by atoms with Crippen molar-refractivity contribution in [2.75, 3.05) is 13.7 Å². The third-order valence-electron chi connectivity index (χ3n) is 6.17. The van der Waals surface area contributed by atoms with Crippen molar-refractivity contribution in [1.82, 2.24) is 9.47 Å². The summed E-state index contributed by atoms with van der Waals surface area (Å²) in [6, 6.07) is 10.3. The lowest BCUT2D eigenvalue weighted by Gasteiger charge is -2.30. The summed E-state index contributed by atoms with van der Waals surface area (Å²) in [4.78, 5) is 14.5. The molecule has 2 aliphatic heterocycles. The molecule has 0 bridgehead atoms. The largest absolute Gasteiger partial charge is 0.497 e. The second-order valence-corrected chi connectivity index (χ2v) is 9.76. The molecule has 3 aromatic rings. The normalized spacial score (nSPS) is 15.3. The highest BCUT2D eigenvalue weighted by Gasteiger charge is 2.32. The summed E-state index contributed by atoms with van der Waals surface area (Å²) >= 11 is 6.59. The number of hydrogen-bond donors (Lipinski definition) is 0.